The molecule has 0 saturated heterocycles. The molecule has 0 aliphatic heterocycles. The Hall–Kier alpha value is -1.35. The second-order valence-corrected chi connectivity index (χ2v) is 5.34. The second-order valence-electron chi connectivity index (χ2n) is 5.34. The molecule has 3 N–H and O–H groups in total. The quantitative estimate of drug-likeness (QED) is 0.810. The number of carbonyl (C=O) groups is 1. The third kappa shape index (κ3) is 5.32. The van der Waals surface area contributed by atoms with Gasteiger partial charge in [0, 0.05) is 6.04 Å². The van der Waals surface area contributed by atoms with Crippen LogP contribution in [0.25, 0.3) is 0 Å². The zero-order chi connectivity index (χ0) is 13.5. The molecular formula is C15H24N2O. The van der Waals surface area contributed by atoms with Gasteiger partial charge in [-0.2, -0.15) is 0 Å². The minimum absolute atomic E-state index is 0.0490. The lowest BCUT2D eigenvalue weighted by Gasteiger charge is -2.18. The second kappa shape index (κ2) is 7.17. The van der Waals surface area contributed by atoms with Crippen LogP contribution in [-0.4, -0.2) is 18.0 Å². The van der Waals surface area contributed by atoms with E-state index < -0.39 is 6.04 Å². The van der Waals surface area contributed by atoms with Crippen LogP contribution in [0.4, 0.5) is 0 Å². The van der Waals surface area contributed by atoms with Crippen LogP contribution in [0.3, 0.4) is 0 Å². The third-order valence-corrected chi connectivity index (χ3v) is 2.84. The Bertz CT molecular complexity index is 362. The highest BCUT2D eigenvalue weighted by molar-refractivity contribution is 5.81. The fourth-order valence-electron chi connectivity index (χ4n) is 1.98. The third-order valence-electron chi connectivity index (χ3n) is 2.84. The minimum Gasteiger partial charge on any atom is -0.352 e. The van der Waals surface area contributed by atoms with Crippen molar-refractivity contribution in [1.29, 1.82) is 0 Å². The van der Waals surface area contributed by atoms with Gasteiger partial charge < -0.3 is 11.1 Å². The van der Waals surface area contributed by atoms with Gasteiger partial charge in [0.15, 0.2) is 0 Å². The number of rotatable bonds is 6. The first-order valence-corrected chi connectivity index (χ1v) is 6.59. The van der Waals surface area contributed by atoms with Gasteiger partial charge in [-0.15, -0.1) is 0 Å². The Labute approximate surface area is 110 Å². The summed E-state index contributed by atoms with van der Waals surface area (Å²) in [6, 6.07) is 9.85. The Balaban J connectivity index is 2.40. The van der Waals surface area contributed by atoms with Crippen molar-refractivity contribution in [2.24, 2.45) is 11.7 Å². The molecule has 3 heteroatoms. The molecule has 0 heterocycles. The van der Waals surface area contributed by atoms with Gasteiger partial charge in [0.25, 0.3) is 0 Å². The van der Waals surface area contributed by atoms with Gasteiger partial charge in [-0.3, -0.25) is 4.79 Å². The van der Waals surface area contributed by atoms with E-state index >= 15 is 0 Å². The van der Waals surface area contributed by atoms with Crippen LogP contribution in [0.2, 0.25) is 0 Å². The first-order chi connectivity index (χ1) is 8.49. The molecule has 0 radical (unpaired) electrons. The Morgan fingerprint density at radius 3 is 2.39 bits per heavy atom. The zero-order valence-corrected chi connectivity index (χ0v) is 11.5. The molecule has 0 saturated carbocycles. The van der Waals surface area contributed by atoms with Crippen LogP contribution in [0.1, 0.15) is 32.8 Å². The van der Waals surface area contributed by atoms with E-state index in [-0.39, 0.29) is 11.9 Å². The van der Waals surface area contributed by atoms with Gasteiger partial charge in [0.1, 0.15) is 0 Å². The molecular weight excluding hydrogens is 224 g/mol. The molecule has 18 heavy (non-hydrogen) atoms. The summed E-state index contributed by atoms with van der Waals surface area (Å²) < 4.78 is 0. The number of amides is 1. The monoisotopic (exact) mass is 248 g/mol. The normalized spacial score (nSPS) is 14.3. The van der Waals surface area contributed by atoms with Crippen LogP contribution in [-0.2, 0) is 11.2 Å². The van der Waals surface area contributed by atoms with Crippen LogP contribution >= 0.6 is 0 Å². The summed E-state index contributed by atoms with van der Waals surface area (Å²) >= 11 is 0. The van der Waals surface area contributed by atoms with Crippen molar-refractivity contribution < 1.29 is 4.79 Å². The Kier molecular flexibility index (Phi) is 5.86. The van der Waals surface area contributed by atoms with Crippen molar-refractivity contribution in [3.63, 3.8) is 0 Å². The van der Waals surface area contributed by atoms with Gasteiger partial charge in [0.2, 0.25) is 5.91 Å². The highest BCUT2D eigenvalue weighted by atomic mass is 16.2. The van der Waals surface area contributed by atoms with Crippen molar-refractivity contribution in [3.05, 3.63) is 35.9 Å². The predicted octanol–water partition coefficient (Wildman–Crippen LogP) is 2.11. The molecule has 1 aromatic rings. The molecule has 0 fully saturated rings. The number of hydrogen-bond acceptors (Lipinski definition) is 2. The fraction of sp³-hybridized carbons (Fsp3) is 0.533. The highest BCUT2D eigenvalue weighted by Gasteiger charge is 2.16. The smallest absolute Gasteiger partial charge is 0.237 e. The van der Waals surface area contributed by atoms with Crippen molar-refractivity contribution in [2.45, 2.75) is 45.7 Å². The summed E-state index contributed by atoms with van der Waals surface area (Å²) in [7, 11) is 0. The predicted molar refractivity (Wildman–Crippen MR) is 75.2 cm³/mol. The summed E-state index contributed by atoms with van der Waals surface area (Å²) in [5.74, 6) is 0.391. The number of nitrogens with two attached hydrogens (primary N) is 1. The molecule has 0 aromatic heterocycles. The molecule has 3 nitrogen and oxygen atoms in total. The average Bonchev–Trinajstić information content (AvgIpc) is 2.29. The molecule has 0 bridgehead atoms. The van der Waals surface area contributed by atoms with E-state index in [0.717, 1.165) is 12.8 Å². The van der Waals surface area contributed by atoms with Gasteiger partial charge in [-0.25, -0.2) is 0 Å². The van der Waals surface area contributed by atoms with Gasteiger partial charge in [-0.1, -0.05) is 44.2 Å². The molecule has 0 spiro atoms. The molecule has 1 aromatic carbocycles. The van der Waals surface area contributed by atoms with Crippen molar-refractivity contribution >= 4 is 5.91 Å². The van der Waals surface area contributed by atoms with Crippen LogP contribution < -0.4 is 11.1 Å². The van der Waals surface area contributed by atoms with Crippen molar-refractivity contribution in [1.82, 2.24) is 5.32 Å². The molecule has 0 aliphatic carbocycles. The van der Waals surface area contributed by atoms with Crippen LogP contribution in [0, 0.1) is 5.92 Å². The number of hydrogen-bond donors (Lipinski definition) is 2. The van der Waals surface area contributed by atoms with E-state index in [0.29, 0.717) is 5.92 Å². The zero-order valence-electron chi connectivity index (χ0n) is 11.5. The summed E-state index contributed by atoms with van der Waals surface area (Å²) in [6.07, 6.45) is 1.56. The van der Waals surface area contributed by atoms with Crippen molar-refractivity contribution in [3.8, 4) is 0 Å². The molecule has 1 rings (SSSR count). The lowest BCUT2D eigenvalue weighted by Crippen LogP contribution is -2.45. The van der Waals surface area contributed by atoms with E-state index in [1.807, 2.05) is 25.1 Å². The summed E-state index contributed by atoms with van der Waals surface area (Å²) in [5, 5.41) is 2.97. The standard InChI is InChI=1S/C15H24N2O/c1-11(2)9-14(16)15(18)17-12(3)10-13-7-5-4-6-8-13/h4-8,11-12,14H,9-10,16H2,1-3H3,(H,17,18). The van der Waals surface area contributed by atoms with Crippen LogP contribution in [0.15, 0.2) is 30.3 Å². The van der Waals surface area contributed by atoms with Gasteiger partial charge >= 0.3 is 0 Å². The lowest BCUT2D eigenvalue weighted by atomic mass is 10.0. The largest absolute Gasteiger partial charge is 0.352 e. The van der Waals surface area contributed by atoms with E-state index in [2.05, 4.69) is 31.3 Å². The molecule has 2 atom stereocenters. The van der Waals surface area contributed by atoms with E-state index in [1.165, 1.54) is 5.56 Å². The Morgan fingerprint density at radius 2 is 1.83 bits per heavy atom. The van der Waals surface area contributed by atoms with E-state index in [4.69, 9.17) is 5.73 Å². The minimum atomic E-state index is -0.400. The maximum absolute atomic E-state index is 11.8. The first-order valence-electron chi connectivity index (χ1n) is 6.59. The van der Waals surface area contributed by atoms with E-state index in [9.17, 15) is 4.79 Å². The number of benzene rings is 1. The van der Waals surface area contributed by atoms with Crippen molar-refractivity contribution in [2.75, 3.05) is 0 Å². The summed E-state index contributed by atoms with van der Waals surface area (Å²) in [6.45, 7) is 6.15. The fourth-order valence-corrected chi connectivity index (χ4v) is 1.98. The number of nitrogens with one attached hydrogen (secondary N) is 1. The van der Waals surface area contributed by atoms with E-state index in [1.54, 1.807) is 0 Å². The molecule has 2 unspecified atom stereocenters. The maximum Gasteiger partial charge on any atom is 0.237 e. The topological polar surface area (TPSA) is 55.1 Å². The van der Waals surface area contributed by atoms with Crippen LogP contribution in [0.5, 0.6) is 0 Å². The summed E-state index contributed by atoms with van der Waals surface area (Å²) in [4.78, 5) is 11.8. The Morgan fingerprint density at radius 1 is 1.22 bits per heavy atom. The highest BCUT2D eigenvalue weighted by Crippen LogP contribution is 2.05. The first kappa shape index (κ1) is 14.7. The molecule has 1 amide bonds. The number of carbonyl (C=O) groups excluding carboxylic acids is 1. The summed E-state index contributed by atoms with van der Waals surface area (Å²) in [5.41, 5.74) is 7.07. The lowest BCUT2D eigenvalue weighted by molar-refractivity contribution is -0.123. The molecule has 100 valence electrons. The SMILES string of the molecule is CC(C)CC(N)C(=O)NC(C)Cc1ccccc1. The van der Waals surface area contributed by atoms with Gasteiger partial charge in [0.05, 0.1) is 6.04 Å². The molecule has 0 aliphatic rings. The average molecular weight is 248 g/mol. The maximum atomic E-state index is 11.8. The van der Waals surface area contributed by atoms with Gasteiger partial charge in [-0.05, 0) is 31.2 Å².